The molecule has 2 rings (SSSR count). The highest BCUT2D eigenvalue weighted by atomic mass is 15.4. The Labute approximate surface area is 229 Å². The monoisotopic (exact) mass is 517 g/mol. The fraction of sp³-hybridized carbons (Fsp3) is 0.452. The average molecular weight is 518 g/mol. The van der Waals surface area contributed by atoms with Gasteiger partial charge in [0.1, 0.15) is 5.84 Å². The van der Waals surface area contributed by atoms with Crippen molar-refractivity contribution in [3.05, 3.63) is 65.4 Å². The minimum absolute atomic E-state index is 0.631. The molecule has 0 radical (unpaired) electrons. The highest BCUT2D eigenvalue weighted by molar-refractivity contribution is 6.20. The maximum atomic E-state index is 6.46. The molecule has 206 valence electrons. The molecule has 7 heteroatoms. The largest absolute Gasteiger partial charge is 0.404 e. The quantitative estimate of drug-likeness (QED) is 0.0818. The molecular weight excluding hydrogens is 470 g/mol. The van der Waals surface area contributed by atoms with Gasteiger partial charge in [0.2, 0.25) is 0 Å². The van der Waals surface area contributed by atoms with Crippen molar-refractivity contribution in [3.8, 4) is 0 Å². The van der Waals surface area contributed by atoms with Crippen LogP contribution in [-0.2, 0) is 0 Å². The zero-order valence-electron chi connectivity index (χ0n) is 24.0. The minimum atomic E-state index is 0.631. The molecule has 0 saturated heterocycles. The van der Waals surface area contributed by atoms with Gasteiger partial charge in [-0.05, 0) is 43.2 Å². The van der Waals surface area contributed by atoms with Crippen LogP contribution in [-0.4, -0.2) is 50.5 Å². The van der Waals surface area contributed by atoms with E-state index in [9.17, 15) is 0 Å². The van der Waals surface area contributed by atoms with E-state index in [2.05, 4.69) is 46.6 Å². The SMILES string of the molecule is CCCCCCCCCCNc1ccc(C(=N/C(C)=N/N(C)C)c2cc(C(C=NC)=CN)ccc2N)cc1. The zero-order valence-corrected chi connectivity index (χ0v) is 24.0. The molecule has 0 aromatic heterocycles. The standard InChI is InChI=1S/C31H47N7/c1-6-7-8-9-10-11-12-13-20-35-28-17-14-25(15-18-28)31(36-24(2)37-38(4)5)29-21-26(16-19-30(29)33)27(22-32)23-34-3/h14-19,21-23,35H,6-13,20,32-33H2,1-5H3/b27-22?,34-23?,36-31?,37-24+. The molecule has 2 aromatic carbocycles. The lowest BCUT2D eigenvalue weighted by Crippen LogP contribution is -2.12. The number of anilines is 2. The van der Waals surface area contributed by atoms with Crippen LogP contribution < -0.4 is 16.8 Å². The number of hydrogen-bond acceptors (Lipinski definition) is 6. The first-order valence-corrected chi connectivity index (χ1v) is 13.8. The molecule has 0 bridgehead atoms. The number of nitrogens with one attached hydrogen (secondary N) is 1. The smallest absolute Gasteiger partial charge is 0.145 e. The van der Waals surface area contributed by atoms with Crippen molar-refractivity contribution in [2.24, 2.45) is 20.8 Å². The van der Waals surface area contributed by atoms with Gasteiger partial charge in [0.15, 0.2) is 0 Å². The van der Waals surface area contributed by atoms with Gasteiger partial charge < -0.3 is 21.8 Å². The van der Waals surface area contributed by atoms with Gasteiger partial charge in [0.25, 0.3) is 0 Å². The van der Waals surface area contributed by atoms with E-state index in [1.165, 1.54) is 51.4 Å². The third-order valence-electron chi connectivity index (χ3n) is 6.23. The Hall–Kier alpha value is -3.61. The molecule has 38 heavy (non-hydrogen) atoms. The van der Waals surface area contributed by atoms with E-state index >= 15 is 0 Å². The van der Waals surface area contributed by atoms with Gasteiger partial charge in [-0.3, -0.25) is 4.99 Å². The lowest BCUT2D eigenvalue weighted by atomic mass is 9.96. The third kappa shape index (κ3) is 10.4. The van der Waals surface area contributed by atoms with Crippen LogP contribution in [0.15, 0.2) is 63.8 Å². The van der Waals surface area contributed by atoms with Crippen LogP contribution in [0.1, 0.15) is 81.9 Å². The van der Waals surface area contributed by atoms with Gasteiger partial charge in [0, 0.05) is 68.2 Å². The molecular formula is C31H47N7. The van der Waals surface area contributed by atoms with Crippen LogP contribution in [0.5, 0.6) is 0 Å². The summed E-state index contributed by atoms with van der Waals surface area (Å²) in [4.78, 5) is 9.00. The van der Waals surface area contributed by atoms with Crippen LogP contribution >= 0.6 is 0 Å². The lowest BCUT2D eigenvalue weighted by Gasteiger charge is -2.14. The molecule has 2 aromatic rings. The molecule has 0 aliphatic heterocycles. The average Bonchev–Trinajstić information content (AvgIpc) is 2.90. The highest BCUT2D eigenvalue weighted by Gasteiger charge is 2.14. The second-order valence-electron chi connectivity index (χ2n) is 9.75. The predicted octanol–water partition coefficient (Wildman–Crippen LogP) is 6.55. The van der Waals surface area contributed by atoms with Crippen LogP contribution in [0.3, 0.4) is 0 Å². The van der Waals surface area contributed by atoms with E-state index in [1.54, 1.807) is 24.5 Å². The minimum Gasteiger partial charge on any atom is -0.404 e. The zero-order chi connectivity index (χ0) is 27.8. The number of nitrogen functional groups attached to an aromatic ring is 1. The molecule has 0 amide bonds. The van der Waals surface area contributed by atoms with Crippen molar-refractivity contribution < 1.29 is 0 Å². The number of benzene rings is 2. The number of amidine groups is 1. The van der Waals surface area contributed by atoms with Crippen LogP contribution in [0.4, 0.5) is 11.4 Å². The first kappa shape index (κ1) is 30.6. The van der Waals surface area contributed by atoms with E-state index in [0.717, 1.165) is 40.2 Å². The van der Waals surface area contributed by atoms with E-state index in [1.807, 2.05) is 39.2 Å². The molecule has 5 N–H and O–H groups in total. The third-order valence-corrected chi connectivity index (χ3v) is 6.23. The van der Waals surface area contributed by atoms with Crippen molar-refractivity contribution in [1.29, 1.82) is 0 Å². The second-order valence-corrected chi connectivity index (χ2v) is 9.75. The topological polar surface area (TPSA) is 104 Å². The molecule has 0 aliphatic rings. The molecule has 0 atom stereocenters. The summed E-state index contributed by atoms with van der Waals surface area (Å²) in [7, 11) is 5.48. The van der Waals surface area contributed by atoms with Crippen LogP contribution in [0.25, 0.3) is 5.57 Å². The van der Waals surface area contributed by atoms with Crippen molar-refractivity contribution >= 4 is 34.7 Å². The number of rotatable bonds is 15. The number of allylic oxidation sites excluding steroid dienone is 1. The van der Waals surface area contributed by atoms with E-state index in [4.69, 9.17) is 16.5 Å². The van der Waals surface area contributed by atoms with Crippen LogP contribution in [0.2, 0.25) is 0 Å². The summed E-state index contributed by atoms with van der Waals surface area (Å²) in [5.74, 6) is 0.636. The van der Waals surface area contributed by atoms with Gasteiger partial charge in [-0.15, -0.1) is 0 Å². The molecule has 0 spiro atoms. The van der Waals surface area contributed by atoms with Gasteiger partial charge in [-0.1, -0.05) is 70.1 Å². The van der Waals surface area contributed by atoms with Crippen molar-refractivity contribution in [2.75, 3.05) is 38.7 Å². The Bertz CT molecular complexity index is 1100. The molecule has 0 heterocycles. The van der Waals surface area contributed by atoms with Gasteiger partial charge in [-0.2, -0.15) is 5.10 Å². The van der Waals surface area contributed by atoms with Crippen molar-refractivity contribution in [1.82, 2.24) is 5.01 Å². The van der Waals surface area contributed by atoms with E-state index in [0.29, 0.717) is 11.5 Å². The normalized spacial score (nSPS) is 12.8. The number of nitrogens with zero attached hydrogens (tertiary/aromatic N) is 4. The Morgan fingerprint density at radius 1 is 0.921 bits per heavy atom. The summed E-state index contributed by atoms with van der Waals surface area (Å²) in [5, 5.41) is 9.75. The lowest BCUT2D eigenvalue weighted by molar-refractivity contribution is 0.437. The number of nitrogens with two attached hydrogens (primary N) is 2. The van der Waals surface area contributed by atoms with Gasteiger partial charge in [0.05, 0.1) is 5.71 Å². The summed E-state index contributed by atoms with van der Waals surface area (Å²) in [6.07, 6.45) is 13.8. The van der Waals surface area contributed by atoms with Gasteiger partial charge in [-0.25, -0.2) is 4.99 Å². The van der Waals surface area contributed by atoms with Gasteiger partial charge >= 0.3 is 0 Å². The maximum absolute atomic E-state index is 6.46. The van der Waals surface area contributed by atoms with E-state index in [-0.39, 0.29) is 0 Å². The summed E-state index contributed by atoms with van der Waals surface area (Å²) in [6.45, 7) is 5.12. The summed E-state index contributed by atoms with van der Waals surface area (Å²) < 4.78 is 0. The molecule has 0 saturated carbocycles. The first-order chi connectivity index (χ1) is 18.4. The fourth-order valence-corrected chi connectivity index (χ4v) is 4.29. The Kier molecular flexibility index (Phi) is 13.7. The number of aliphatic imine (C=N–C) groups is 2. The maximum Gasteiger partial charge on any atom is 0.145 e. The number of hydrogen-bond donors (Lipinski definition) is 3. The molecule has 0 unspecified atom stereocenters. The van der Waals surface area contributed by atoms with Crippen LogP contribution in [0, 0.1) is 0 Å². The van der Waals surface area contributed by atoms with E-state index < -0.39 is 0 Å². The summed E-state index contributed by atoms with van der Waals surface area (Å²) >= 11 is 0. The molecule has 7 nitrogen and oxygen atoms in total. The summed E-state index contributed by atoms with van der Waals surface area (Å²) in [5.41, 5.74) is 18.3. The predicted molar refractivity (Wildman–Crippen MR) is 167 cm³/mol. The molecule has 0 aliphatic carbocycles. The molecule has 0 fully saturated rings. The Morgan fingerprint density at radius 2 is 1.55 bits per heavy atom. The Morgan fingerprint density at radius 3 is 2.16 bits per heavy atom. The summed E-state index contributed by atoms with van der Waals surface area (Å²) in [6, 6.07) is 14.2. The Balaban J connectivity index is 2.21. The second kappa shape index (κ2) is 17.0. The number of hydrazone groups is 1. The van der Waals surface area contributed by atoms with Crippen molar-refractivity contribution in [2.45, 2.75) is 65.2 Å². The first-order valence-electron chi connectivity index (χ1n) is 13.8. The fourth-order valence-electron chi connectivity index (χ4n) is 4.29. The van der Waals surface area contributed by atoms with Crippen molar-refractivity contribution in [3.63, 3.8) is 0 Å². The highest BCUT2D eigenvalue weighted by Crippen LogP contribution is 2.24. The number of unbranched alkanes of at least 4 members (excludes halogenated alkanes) is 7.